The second-order valence-electron chi connectivity index (χ2n) is 5.93. The maximum Gasteiger partial charge on any atom is 0.0649 e. The van der Waals surface area contributed by atoms with Crippen LogP contribution in [0.5, 0.6) is 0 Å². The minimum absolute atomic E-state index is 0.0155. The van der Waals surface area contributed by atoms with Crippen LogP contribution in [0.25, 0.3) is 0 Å². The molecule has 2 aliphatic carbocycles. The maximum atomic E-state index is 6.30. The SMILES string of the molecule is CCC1CCC(OCC2(N)CCCC2)CC1. The molecule has 16 heavy (non-hydrogen) atoms. The standard InChI is InChI=1S/C14H27NO/c1-2-12-5-7-13(8-6-12)16-11-14(15)9-3-4-10-14/h12-13H,2-11,15H2,1H3. The van der Waals surface area contributed by atoms with E-state index in [0.29, 0.717) is 6.10 Å². The maximum absolute atomic E-state index is 6.30. The van der Waals surface area contributed by atoms with Crippen LogP contribution in [0.15, 0.2) is 0 Å². The molecule has 2 aliphatic rings. The molecular formula is C14H27NO. The van der Waals surface area contributed by atoms with Crippen LogP contribution in [0.4, 0.5) is 0 Å². The molecule has 0 aromatic carbocycles. The summed E-state index contributed by atoms with van der Waals surface area (Å²) in [5.41, 5.74) is 6.32. The number of hydrogen-bond donors (Lipinski definition) is 1. The molecule has 0 bridgehead atoms. The molecule has 0 radical (unpaired) electrons. The lowest BCUT2D eigenvalue weighted by atomic mass is 9.86. The van der Waals surface area contributed by atoms with Gasteiger partial charge in [-0.3, -0.25) is 0 Å². The Morgan fingerprint density at radius 3 is 2.31 bits per heavy atom. The number of ether oxygens (including phenoxy) is 1. The highest BCUT2D eigenvalue weighted by Crippen LogP contribution is 2.31. The minimum atomic E-state index is 0.0155. The minimum Gasteiger partial charge on any atom is -0.376 e. The van der Waals surface area contributed by atoms with E-state index >= 15 is 0 Å². The van der Waals surface area contributed by atoms with Gasteiger partial charge in [-0.2, -0.15) is 0 Å². The lowest BCUT2D eigenvalue weighted by molar-refractivity contribution is -0.00726. The Kier molecular flexibility index (Phi) is 4.26. The normalized spacial score (nSPS) is 34.1. The fourth-order valence-electron chi connectivity index (χ4n) is 3.21. The van der Waals surface area contributed by atoms with E-state index in [1.165, 1.54) is 44.9 Å². The topological polar surface area (TPSA) is 35.2 Å². The van der Waals surface area contributed by atoms with Gasteiger partial charge >= 0.3 is 0 Å². The quantitative estimate of drug-likeness (QED) is 0.797. The van der Waals surface area contributed by atoms with Gasteiger partial charge in [-0.05, 0) is 44.4 Å². The van der Waals surface area contributed by atoms with Crippen LogP contribution in [-0.2, 0) is 4.74 Å². The average Bonchev–Trinajstić information content (AvgIpc) is 2.75. The molecule has 94 valence electrons. The predicted molar refractivity (Wildman–Crippen MR) is 67.4 cm³/mol. The number of hydrogen-bond acceptors (Lipinski definition) is 2. The third-order valence-corrected chi connectivity index (χ3v) is 4.58. The van der Waals surface area contributed by atoms with E-state index in [1.807, 2.05) is 0 Å². The fraction of sp³-hybridized carbons (Fsp3) is 1.00. The summed E-state index contributed by atoms with van der Waals surface area (Å²) in [6.07, 6.45) is 12.0. The van der Waals surface area contributed by atoms with Crippen molar-refractivity contribution >= 4 is 0 Å². The smallest absolute Gasteiger partial charge is 0.0649 e. The van der Waals surface area contributed by atoms with Gasteiger partial charge in [-0.1, -0.05) is 26.2 Å². The Morgan fingerprint density at radius 1 is 1.12 bits per heavy atom. The lowest BCUT2D eigenvalue weighted by Crippen LogP contribution is -2.43. The summed E-state index contributed by atoms with van der Waals surface area (Å²) in [5.74, 6) is 0.957. The highest BCUT2D eigenvalue weighted by molar-refractivity contribution is 4.89. The van der Waals surface area contributed by atoms with E-state index < -0.39 is 0 Å². The van der Waals surface area contributed by atoms with E-state index in [2.05, 4.69) is 6.92 Å². The summed E-state index contributed by atoms with van der Waals surface area (Å²) in [7, 11) is 0. The van der Waals surface area contributed by atoms with E-state index in [1.54, 1.807) is 0 Å². The monoisotopic (exact) mass is 225 g/mol. The molecule has 0 amide bonds. The zero-order valence-corrected chi connectivity index (χ0v) is 10.7. The van der Waals surface area contributed by atoms with Crippen molar-refractivity contribution in [2.45, 2.75) is 76.4 Å². The molecule has 2 saturated carbocycles. The summed E-state index contributed by atoms with van der Waals surface area (Å²) in [6.45, 7) is 3.10. The van der Waals surface area contributed by atoms with Gasteiger partial charge in [0.05, 0.1) is 12.7 Å². The molecule has 2 N–H and O–H groups in total. The highest BCUT2D eigenvalue weighted by atomic mass is 16.5. The summed E-state index contributed by atoms with van der Waals surface area (Å²) in [4.78, 5) is 0. The highest BCUT2D eigenvalue weighted by Gasteiger charge is 2.31. The first kappa shape index (κ1) is 12.4. The zero-order chi connectivity index (χ0) is 11.4. The summed E-state index contributed by atoms with van der Waals surface area (Å²) >= 11 is 0. The van der Waals surface area contributed by atoms with Crippen LogP contribution in [0.1, 0.15) is 64.7 Å². The molecule has 0 unspecified atom stereocenters. The average molecular weight is 225 g/mol. The van der Waals surface area contributed by atoms with Gasteiger partial charge in [-0.25, -0.2) is 0 Å². The molecule has 2 nitrogen and oxygen atoms in total. The first-order valence-electron chi connectivity index (χ1n) is 7.12. The summed E-state index contributed by atoms with van der Waals surface area (Å²) < 4.78 is 6.04. The Morgan fingerprint density at radius 2 is 1.75 bits per heavy atom. The Bertz CT molecular complexity index is 203. The lowest BCUT2D eigenvalue weighted by Gasteiger charge is -2.31. The molecule has 2 heteroatoms. The molecule has 2 fully saturated rings. The Hall–Kier alpha value is -0.0800. The van der Waals surface area contributed by atoms with Gasteiger partial charge in [0, 0.05) is 5.54 Å². The van der Waals surface area contributed by atoms with Crippen LogP contribution in [0, 0.1) is 5.92 Å². The summed E-state index contributed by atoms with van der Waals surface area (Å²) in [6, 6.07) is 0. The van der Waals surface area contributed by atoms with Gasteiger partial charge in [0.15, 0.2) is 0 Å². The molecule has 0 aliphatic heterocycles. The van der Waals surface area contributed by atoms with Crippen molar-refractivity contribution in [1.29, 1.82) is 0 Å². The van der Waals surface area contributed by atoms with E-state index in [4.69, 9.17) is 10.5 Å². The van der Waals surface area contributed by atoms with Crippen LogP contribution in [0.2, 0.25) is 0 Å². The molecule has 0 heterocycles. The third-order valence-electron chi connectivity index (χ3n) is 4.58. The third kappa shape index (κ3) is 3.21. The van der Waals surface area contributed by atoms with Crippen LogP contribution in [0.3, 0.4) is 0 Å². The largest absolute Gasteiger partial charge is 0.376 e. The Balaban J connectivity index is 1.67. The number of rotatable bonds is 4. The molecule has 0 atom stereocenters. The van der Waals surface area contributed by atoms with Crippen molar-refractivity contribution in [1.82, 2.24) is 0 Å². The molecule has 0 spiro atoms. The van der Waals surface area contributed by atoms with Gasteiger partial charge in [0.2, 0.25) is 0 Å². The fourth-order valence-corrected chi connectivity index (χ4v) is 3.21. The van der Waals surface area contributed by atoms with Crippen molar-refractivity contribution in [2.75, 3.05) is 6.61 Å². The number of nitrogens with two attached hydrogens (primary N) is 1. The predicted octanol–water partition coefficient (Wildman–Crippen LogP) is 3.24. The molecular weight excluding hydrogens is 198 g/mol. The second-order valence-corrected chi connectivity index (χ2v) is 5.93. The van der Waals surface area contributed by atoms with Gasteiger partial charge < -0.3 is 10.5 Å². The Labute approximate surface area is 99.9 Å². The van der Waals surface area contributed by atoms with Crippen molar-refractivity contribution < 1.29 is 4.74 Å². The van der Waals surface area contributed by atoms with Crippen LogP contribution in [-0.4, -0.2) is 18.2 Å². The van der Waals surface area contributed by atoms with Crippen molar-refractivity contribution in [3.05, 3.63) is 0 Å². The first-order valence-corrected chi connectivity index (χ1v) is 7.12. The molecule has 0 saturated heterocycles. The van der Waals surface area contributed by atoms with E-state index in [0.717, 1.165) is 25.4 Å². The van der Waals surface area contributed by atoms with Gasteiger partial charge in [0.1, 0.15) is 0 Å². The van der Waals surface area contributed by atoms with Crippen molar-refractivity contribution in [3.8, 4) is 0 Å². The van der Waals surface area contributed by atoms with E-state index in [9.17, 15) is 0 Å². The van der Waals surface area contributed by atoms with Gasteiger partial charge in [-0.15, -0.1) is 0 Å². The zero-order valence-electron chi connectivity index (χ0n) is 10.7. The van der Waals surface area contributed by atoms with E-state index in [-0.39, 0.29) is 5.54 Å². The first-order chi connectivity index (χ1) is 7.72. The molecule has 0 aromatic heterocycles. The second kappa shape index (κ2) is 5.50. The molecule has 0 aromatic rings. The van der Waals surface area contributed by atoms with Crippen molar-refractivity contribution in [2.24, 2.45) is 11.7 Å². The van der Waals surface area contributed by atoms with Crippen molar-refractivity contribution in [3.63, 3.8) is 0 Å². The van der Waals surface area contributed by atoms with Gasteiger partial charge in [0.25, 0.3) is 0 Å². The molecule has 2 rings (SSSR count). The van der Waals surface area contributed by atoms with Crippen LogP contribution < -0.4 is 5.73 Å². The summed E-state index contributed by atoms with van der Waals surface area (Å²) in [5, 5.41) is 0. The van der Waals surface area contributed by atoms with Crippen LogP contribution >= 0.6 is 0 Å².